The van der Waals surface area contributed by atoms with Crippen molar-refractivity contribution in [1.29, 1.82) is 0 Å². The monoisotopic (exact) mass is 695 g/mol. The molecule has 6 heteroatoms. The summed E-state index contributed by atoms with van der Waals surface area (Å²) in [4.78, 5) is 49.5. The number of hydrogen-bond acceptors (Lipinski definition) is 4. The number of hydrogen-bond donors (Lipinski definition) is 0. The largest absolute Gasteiger partial charge is 0.269 e. The Hall–Kier alpha value is -6.14. The Morgan fingerprint density at radius 1 is 0.679 bits per heavy atom. The Balaban J connectivity index is 0.00000129. The Labute approximate surface area is 308 Å². The van der Waals surface area contributed by atoms with Crippen molar-refractivity contribution >= 4 is 77.9 Å². The van der Waals surface area contributed by atoms with Crippen LogP contribution in [0.4, 0.5) is 5.69 Å². The quantitative estimate of drug-likeness (QED) is 0.0974. The molecular formula is C47H41N3O3. The first-order valence-electron chi connectivity index (χ1n) is 18.1. The fourth-order valence-electron chi connectivity index (χ4n) is 8.47. The zero-order valence-electron chi connectivity index (χ0n) is 31.4. The lowest BCUT2D eigenvalue weighted by Crippen LogP contribution is -2.41. The van der Waals surface area contributed by atoms with E-state index < -0.39 is 0 Å². The highest BCUT2D eigenvalue weighted by Crippen LogP contribution is 2.42. The molecule has 1 aromatic heterocycles. The van der Waals surface area contributed by atoms with E-state index in [0.29, 0.717) is 33.6 Å². The molecule has 7 aromatic rings. The number of fused-ring (bicyclic) bond motifs is 6. The van der Waals surface area contributed by atoms with E-state index in [1.54, 1.807) is 18.2 Å². The average molecular weight is 696 g/mol. The SMILES string of the molecule is C=CC.CC1=c2/c(c3c(C)ccc4cc5c6c(ccc2c6c43)C(=O)N(c2ccccc2)C5=O)=C(\C)C(C)c2nc3cc(C)ccc3n2C(=O)\C(C)=C\1C. The summed E-state index contributed by atoms with van der Waals surface area (Å²) in [7, 11) is 0. The molecule has 0 N–H and O–H groups in total. The zero-order chi connectivity index (χ0) is 37.6. The molecule has 2 amide bonds. The van der Waals surface area contributed by atoms with Crippen molar-refractivity contribution in [2.75, 3.05) is 4.90 Å². The maximum Gasteiger partial charge on any atom is 0.266 e. The lowest BCUT2D eigenvalue weighted by Gasteiger charge is -2.29. The molecule has 9 rings (SSSR count). The Bertz CT molecular complexity index is 2940. The fourth-order valence-corrected chi connectivity index (χ4v) is 8.47. The van der Waals surface area contributed by atoms with Gasteiger partial charge in [-0.1, -0.05) is 61.0 Å². The highest BCUT2D eigenvalue weighted by molar-refractivity contribution is 6.41. The second-order valence-electron chi connectivity index (χ2n) is 14.5. The standard InChI is InChI=1S/C44H35N3O3.C3H6/c1-21-13-18-34-33(19-21)45-41-26(6)25(5)37-35-22(2)14-15-28-20-32-39-31(43(49)46(44(32)50)29-11-9-8-10-12-29)17-16-30(40(39)38(28)35)36(37)24(4)23(3)27(7)42(48)47(34)41;1-3-2/h8-20,26H,1-7H3;3H,1H2,2H3/b27-23+,36-24-,37-25+;. The lowest BCUT2D eigenvalue weighted by atomic mass is 9.81. The molecule has 2 aliphatic heterocycles. The van der Waals surface area contributed by atoms with Gasteiger partial charge in [0, 0.05) is 28.0 Å². The number of anilines is 1. The maximum absolute atomic E-state index is 14.5. The number of para-hydroxylation sites is 1. The minimum atomic E-state index is -0.330. The van der Waals surface area contributed by atoms with Gasteiger partial charge in [-0.3, -0.25) is 19.0 Å². The first-order valence-corrected chi connectivity index (χ1v) is 18.1. The van der Waals surface area contributed by atoms with Crippen LogP contribution in [0.2, 0.25) is 0 Å². The number of imide groups is 1. The Kier molecular flexibility index (Phi) is 7.84. The highest BCUT2D eigenvalue weighted by atomic mass is 16.2. The minimum Gasteiger partial charge on any atom is -0.269 e. The molecular weight excluding hydrogens is 655 g/mol. The van der Waals surface area contributed by atoms with Crippen molar-refractivity contribution in [1.82, 2.24) is 9.55 Å². The van der Waals surface area contributed by atoms with Crippen LogP contribution in [0, 0.1) is 13.8 Å². The normalized spacial score (nSPS) is 19.5. The van der Waals surface area contributed by atoms with Gasteiger partial charge in [0.2, 0.25) is 0 Å². The van der Waals surface area contributed by atoms with Gasteiger partial charge in [0.05, 0.1) is 16.7 Å². The van der Waals surface area contributed by atoms with E-state index in [1.807, 2.05) is 86.9 Å². The molecule has 262 valence electrons. The molecule has 0 bridgehead atoms. The zero-order valence-corrected chi connectivity index (χ0v) is 31.4. The molecule has 53 heavy (non-hydrogen) atoms. The number of imidazole rings is 1. The molecule has 2 aliphatic rings. The summed E-state index contributed by atoms with van der Waals surface area (Å²) in [5, 5.41) is 7.80. The minimum absolute atomic E-state index is 0.0872. The van der Waals surface area contributed by atoms with Gasteiger partial charge in [0.15, 0.2) is 0 Å². The van der Waals surface area contributed by atoms with Gasteiger partial charge in [-0.15, -0.1) is 6.58 Å². The Morgan fingerprint density at radius 3 is 2.09 bits per heavy atom. The molecule has 3 heterocycles. The van der Waals surface area contributed by atoms with Crippen LogP contribution in [0.1, 0.15) is 89.9 Å². The van der Waals surface area contributed by atoms with E-state index >= 15 is 0 Å². The van der Waals surface area contributed by atoms with Gasteiger partial charge in [-0.2, -0.15) is 0 Å². The molecule has 0 aliphatic carbocycles. The second kappa shape index (κ2) is 12.2. The third kappa shape index (κ3) is 4.71. The van der Waals surface area contributed by atoms with Crippen LogP contribution >= 0.6 is 0 Å². The maximum atomic E-state index is 14.5. The number of carbonyl (C=O) groups is 3. The van der Waals surface area contributed by atoms with Crippen LogP contribution in [0.3, 0.4) is 0 Å². The van der Waals surface area contributed by atoms with E-state index in [1.165, 1.54) is 4.90 Å². The number of aryl methyl sites for hydroxylation is 2. The summed E-state index contributed by atoms with van der Waals surface area (Å²) < 4.78 is 1.81. The number of benzene rings is 6. The lowest BCUT2D eigenvalue weighted by molar-refractivity contribution is 0.0891. The van der Waals surface area contributed by atoms with E-state index in [0.717, 1.165) is 76.2 Å². The summed E-state index contributed by atoms with van der Waals surface area (Å²) in [6, 6.07) is 25.3. The van der Waals surface area contributed by atoms with Gasteiger partial charge in [0.25, 0.3) is 17.7 Å². The smallest absolute Gasteiger partial charge is 0.266 e. The van der Waals surface area contributed by atoms with Crippen LogP contribution in [0.15, 0.2) is 103 Å². The second-order valence-corrected chi connectivity index (χ2v) is 14.5. The van der Waals surface area contributed by atoms with E-state index in [9.17, 15) is 14.4 Å². The van der Waals surface area contributed by atoms with Gasteiger partial charge in [-0.25, -0.2) is 9.88 Å². The van der Waals surface area contributed by atoms with Crippen LogP contribution in [0.25, 0.3) is 54.5 Å². The third-order valence-corrected chi connectivity index (χ3v) is 11.4. The van der Waals surface area contributed by atoms with E-state index in [-0.39, 0.29) is 23.6 Å². The van der Waals surface area contributed by atoms with Gasteiger partial charge < -0.3 is 0 Å². The van der Waals surface area contributed by atoms with Crippen molar-refractivity contribution in [3.63, 3.8) is 0 Å². The summed E-state index contributed by atoms with van der Waals surface area (Å²) in [5.74, 6) is -0.240. The van der Waals surface area contributed by atoms with Gasteiger partial charge >= 0.3 is 0 Å². The van der Waals surface area contributed by atoms with Gasteiger partial charge in [0.1, 0.15) is 5.82 Å². The van der Waals surface area contributed by atoms with Crippen molar-refractivity contribution in [2.45, 2.75) is 61.3 Å². The van der Waals surface area contributed by atoms with Gasteiger partial charge in [-0.05, 0) is 145 Å². The molecule has 6 aromatic carbocycles. The first-order chi connectivity index (χ1) is 25.4. The van der Waals surface area contributed by atoms with Crippen molar-refractivity contribution in [2.24, 2.45) is 0 Å². The number of allylic oxidation sites excluding steroid dienone is 3. The topological polar surface area (TPSA) is 72.3 Å². The summed E-state index contributed by atoms with van der Waals surface area (Å²) in [6.45, 7) is 19.8. The molecule has 1 unspecified atom stereocenters. The summed E-state index contributed by atoms with van der Waals surface area (Å²) in [5.41, 5.74) is 9.00. The molecule has 0 radical (unpaired) electrons. The molecule has 1 atom stereocenters. The number of carbonyl (C=O) groups excluding carboxylic acids is 3. The van der Waals surface area contributed by atoms with Crippen LogP contribution < -0.4 is 15.3 Å². The van der Waals surface area contributed by atoms with E-state index in [2.05, 4.69) is 46.4 Å². The molecule has 0 saturated carbocycles. The molecule has 6 nitrogen and oxygen atoms in total. The molecule has 0 fully saturated rings. The van der Waals surface area contributed by atoms with Crippen molar-refractivity contribution in [3.05, 3.63) is 141 Å². The number of aromatic nitrogens is 2. The predicted octanol–water partition coefficient (Wildman–Crippen LogP) is 9.68. The van der Waals surface area contributed by atoms with Crippen LogP contribution in [-0.4, -0.2) is 27.3 Å². The fraction of sp³-hybridized carbons (Fsp3) is 0.191. The number of rotatable bonds is 1. The highest BCUT2D eigenvalue weighted by Gasteiger charge is 2.36. The van der Waals surface area contributed by atoms with Crippen LogP contribution in [0.5, 0.6) is 0 Å². The first kappa shape index (κ1) is 34.0. The van der Waals surface area contributed by atoms with E-state index in [4.69, 9.17) is 4.98 Å². The predicted molar refractivity (Wildman–Crippen MR) is 218 cm³/mol. The average Bonchev–Trinajstić information content (AvgIpc) is 3.53. The van der Waals surface area contributed by atoms with Crippen molar-refractivity contribution < 1.29 is 14.4 Å². The van der Waals surface area contributed by atoms with Crippen LogP contribution in [-0.2, 0) is 0 Å². The molecule has 0 spiro atoms. The summed E-state index contributed by atoms with van der Waals surface area (Å²) >= 11 is 0. The third-order valence-electron chi connectivity index (χ3n) is 11.4. The van der Waals surface area contributed by atoms with Crippen molar-refractivity contribution in [3.8, 4) is 0 Å². The number of amides is 2. The molecule has 0 saturated heterocycles. The number of nitrogens with zero attached hydrogens (tertiary/aromatic N) is 3. The summed E-state index contributed by atoms with van der Waals surface area (Å²) in [6.07, 6.45) is 1.75. The Morgan fingerprint density at radius 2 is 1.38 bits per heavy atom.